The molecule has 0 heterocycles. The summed E-state index contributed by atoms with van der Waals surface area (Å²) in [7, 11) is 0. The van der Waals surface area contributed by atoms with Crippen LogP contribution in [-0.4, -0.2) is 21.4 Å². The van der Waals surface area contributed by atoms with Gasteiger partial charge in [0.1, 0.15) is 0 Å². The molecule has 0 amide bonds. The lowest BCUT2D eigenvalue weighted by Crippen LogP contribution is -2.28. The van der Waals surface area contributed by atoms with Crippen molar-refractivity contribution >= 4 is 0 Å². The molecule has 1 rings (SSSR count). The summed E-state index contributed by atoms with van der Waals surface area (Å²) in [5, 5.41) is 19.9. The number of rotatable bonds is 2. The first-order valence-corrected chi connectivity index (χ1v) is 6.07. The van der Waals surface area contributed by atoms with E-state index in [9.17, 15) is 10.2 Å². The van der Waals surface area contributed by atoms with Crippen molar-refractivity contribution in [1.82, 2.24) is 0 Å². The first-order chi connectivity index (χ1) is 6.91. The Kier molecular flexibility index (Phi) is 4.35. The van der Waals surface area contributed by atoms with Gasteiger partial charge in [0.25, 0.3) is 0 Å². The van der Waals surface area contributed by atoms with Crippen LogP contribution in [0.5, 0.6) is 0 Å². The lowest BCUT2D eigenvalue weighted by atomic mass is 9.86. The van der Waals surface area contributed by atoms with E-state index in [1.54, 1.807) is 26.0 Å². The maximum absolute atomic E-state index is 10.3. The van der Waals surface area contributed by atoms with E-state index in [1.807, 2.05) is 0 Å². The van der Waals surface area contributed by atoms with Gasteiger partial charge in [0.15, 0.2) is 0 Å². The topological polar surface area (TPSA) is 40.5 Å². The first kappa shape index (κ1) is 12.7. The molecule has 1 aliphatic carbocycles. The Bertz CT molecular complexity index is 205. The van der Waals surface area contributed by atoms with Gasteiger partial charge in [-0.1, -0.05) is 44.3 Å². The van der Waals surface area contributed by atoms with E-state index >= 15 is 0 Å². The van der Waals surface area contributed by atoms with E-state index < -0.39 is 11.2 Å². The number of hydrogen-bond acceptors (Lipinski definition) is 2. The molecule has 0 bridgehead atoms. The van der Waals surface area contributed by atoms with Gasteiger partial charge in [-0.2, -0.15) is 0 Å². The van der Waals surface area contributed by atoms with Crippen LogP contribution in [0.2, 0.25) is 0 Å². The van der Waals surface area contributed by atoms with Crippen molar-refractivity contribution in [2.75, 3.05) is 0 Å². The molecule has 0 aromatic carbocycles. The molecule has 1 aliphatic rings. The highest BCUT2D eigenvalue weighted by molar-refractivity contribution is 5.06. The third-order valence-electron chi connectivity index (χ3n) is 3.02. The molecule has 0 aromatic rings. The fourth-order valence-electron chi connectivity index (χ4n) is 2.04. The summed E-state index contributed by atoms with van der Waals surface area (Å²) in [5.74, 6) is 0. The zero-order valence-corrected chi connectivity index (χ0v) is 10.00. The summed E-state index contributed by atoms with van der Waals surface area (Å²) in [6, 6.07) is 0. The van der Waals surface area contributed by atoms with Crippen LogP contribution in [0.25, 0.3) is 0 Å². The Morgan fingerprint density at radius 3 is 1.93 bits per heavy atom. The normalized spacial score (nSPS) is 23.7. The van der Waals surface area contributed by atoms with Gasteiger partial charge in [-0.15, -0.1) is 0 Å². The second kappa shape index (κ2) is 5.13. The fourth-order valence-corrected chi connectivity index (χ4v) is 2.04. The molecular weight excluding hydrogens is 188 g/mol. The quantitative estimate of drug-likeness (QED) is 0.691. The van der Waals surface area contributed by atoms with E-state index in [0.29, 0.717) is 0 Å². The molecule has 1 fully saturated rings. The Morgan fingerprint density at radius 1 is 1.00 bits per heavy atom. The second-order valence-electron chi connectivity index (χ2n) is 5.36. The average Bonchev–Trinajstić information content (AvgIpc) is 2.08. The monoisotopic (exact) mass is 212 g/mol. The van der Waals surface area contributed by atoms with Gasteiger partial charge >= 0.3 is 0 Å². The summed E-state index contributed by atoms with van der Waals surface area (Å²) < 4.78 is 0. The Hall–Kier alpha value is -0.340. The molecule has 2 N–H and O–H groups in total. The molecule has 0 radical (unpaired) electrons. The van der Waals surface area contributed by atoms with Crippen molar-refractivity contribution in [2.45, 2.75) is 70.0 Å². The minimum absolute atomic E-state index is 0.680. The van der Waals surface area contributed by atoms with Crippen LogP contribution in [-0.2, 0) is 0 Å². The lowest BCUT2D eigenvalue weighted by molar-refractivity contribution is 0.0580. The number of hydrogen-bond donors (Lipinski definition) is 2. The van der Waals surface area contributed by atoms with Gasteiger partial charge < -0.3 is 10.2 Å². The molecule has 0 aliphatic heterocycles. The van der Waals surface area contributed by atoms with Crippen LogP contribution in [0.15, 0.2) is 12.2 Å². The van der Waals surface area contributed by atoms with Gasteiger partial charge in [0.2, 0.25) is 0 Å². The van der Waals surface area contributed by atoms with Gasteiger partial charge in [0.05, 0.1) is 11.2 Å². The Labute approximate surface area is 93.0 Å². The molecular formula is C13H24O2. The second-order valence-corrected chi connectivity index (χ2v) is 5.36. The maximum Gasteiger partial charge on any atom is 0.0828 e. The molecule has 0 spiro atoms. The summed E-state index contributed by atoms with van der Waals surface area (Å²) >= 11 is 0. The van der Waals surface area contributed by atoms with Crippen LogP contribution >= 0.6 is 0 Å². The molecule has 2 nitrogen and oxygen atoms in total. The zero-order chi connectivity index (χ0) is 11.4. The van der Waals surface area contributed by atoms with Crippen molar-refractivity contribution < 1.29 is 10.2 Å². The first-order valence-electron chi connectivity index (χ1n) is 6.07. The highest BCUT2D eigenvalue weighted by Crippen LogP contribution is 2.28. The predicted molar refractivity (Wildman–Crippen MR) is 62.7 cm³/mol. The van der Waals surface area contributed by atoms with Crippen molar-refractivity contribution in [1.29, 1.82) is 0 Å². The van der Waals surface area contributed by atoms with E-state index in [-0.39, 0.29) is 0 Å². The maximum atomic E-state index is 10.3. The molecule has 2 heteroatoms. The van der Waals surface area contributed by atoms with E-state index in [2.05, 4.69) is 0 Å². The zero-order valence-electron chi connectivity index (χ0n) is 10.00. The molecule has 88 valence electrons. The van der Waals surface area contributed by atoms with Gasteiger partial charge in [-0.3, -0.25) is 0 Å². The largest absolute Gasteiger partial charge is 0.386 e. The molecule has 0 aromatic heterocycles. The van der Waals surface area contributed by atoms with E-state index in [1.165, 1.54) is 19.3 Å². The molecule has 0 saturated heterocycles. The van der Waals surface area contributed by atoms with Crippen LogP contribution < -0.4 is 0 Å². The highest BCUT2D eigenvalue weighted by atomic mass is 16.3. The van der Waals surface area contributed by atoms with Crippen molar-refractivity contribution in [3.63, 3.8) is 0 Å². The summed E-state index contributed by atoms with van der Waals surface area (Å²) in [5.41, 5.74) is -1.50. The SMILES string of the molecule is CC(C)(O)/C=C\C1(O)CCCCCCC1. The fraction of sp³-hybridized carbons (Fsp3) is 0.846. The highest BCUT2D eigenvalue weighted by Gasteiger charge is 2.24. The van der Waals surface area contributed by atoms with Gasteiger partial charge in [-0.05, 0) is 26.7 Å². The van der Waals surface area contributed by atoms with E-state index in [4.69, 9.17) is 0 Å². The summed E-state index contributed by atoms with van der Waals surface area (Å²) in [6.45, 7) is 3.46. The standard InChI is InChI=1S/C13H24O2/c1-12(2,14)10-11-13(15)8-6-4-3-5-7-9-13/h10-11,14-15H,3-9H2,1-2H3/b11-10-. The summed E-state index contributed by atoms with van der Waals surface area (Å²) in [4.78, 5) is 0. The van der Waals surface area contributed by atoms with Crippen LogP contribution in [0, 0.1) is 0 Å². The van der Waals surface area contributed by atoms with Crippen LogP contribution in [0.3, 0.4) is 0 Å². The van der Waals surface area contributed by atoms with Gasteiger partial charge in [-0.25, -0.2) is 0 Å². The number of aliphatic hydroxyl groups is 2. The average molecular weight is 212 g/mol. The summed E-state index contributed by atoms with van der Waals surface area (Å²) in [6.07, 6.45) is 11.1. The third-order valence-corrected chi connectivity index (χ3v) is 3.02. The predicted octanol–water partition coefficient (Wildman–Crippen LogP) is 2.79. The molecule has 0 unspecified atom stereocenters. The minimum atomic E-state index is -0.821. The van der Waals surface area contributed by atoms with Crippen molar-refractivity contribution in [2.24, 2.45) is 0 Å². The van der Waals surface area contributed by atoms with Crippen molar-refractivity contribution in [3.8, 4) is 0 Å². The van der Waals surface area contributed by atoms with Crippen molar-refractivity contribution in [3.05, 3.63) is 12.2 Å². The molecule has 1 saturated carbocycles. The lowest BCUT2D eigenvalue weighted by Gasteiger charge is -2.27. The minimum Gasteiger partial charge on any atom is -0.386 e. The molecule has 0 atom stereocenters. The third kappa shape index (κ3) is 5.33. The van der Waals surface area contributed by atoms with Gasteiger partial charge in [0, 0.05) is 0 Å². The van der Waals surface area contributed by atoms with Crippen LogP contribution in [0.1, 0.15) is 58.8 Å². The Balaban J connectivity index is 2.57. The van der Waals surface area contributed by atoms with Crippen LogP contribution in [0.4, 0.5) is 0 Å². The van der Waals surface area contributed by atoms with E-state index in [0.717, 1.165) is 25.7 Å². The molecule has 15 heavy (non-hydrogen) atoms. The Morgan fingerprint density at radius 2 is 1.47 bits per heavy atom. The smallest absolute Gasteiger partial charge is 0.0828 e.